The summed E-state index contributed by atoms with van der Waals surface area (Å²) in [6, 6.07) is 0. The number of esters is 4. The summed E-state index contributed by atoms with van der Waals surface area (Å²) in [6.07, 6.45) is -9.85. The lowest BCUT2D eigenvalue weighted by molar-refractivity contribution is -0.470. The molecule has 0 aromatic rings. The first-order chi connectivity index (χ1) is 20.9. The molecule has 8 nitrogen and oxygen atoms in total. The first-order valence-corrected chi connectivity index (χ1v) is 12.2. The summed E-state index contributed by atoms with van der Waals surface area (Å²) < 4.78 is 211. The standard InChI is InChI=1S/C26H22F12O8/c1-5-13(39)43-9-19(29)17(27)18(28)20(30,10-44-14(40)6-2)24(34)22(32,12-46-16(42)8-4)26(37,38)25(35,36)21(31,23(19,24)33)11-45-15(41)7-3/h5-8,17-18H,1-4,9-12H2. The smallest absolute Gasteiger partial charge is 0.353 e. The van der Waals surface area contributed by atoms with E-state index in [1.807, 2.05) is 0 Å². The van der Waals surface area contributed by atoms with Crippen LogP contribution in [0.25, 0.3) is 0 Å². The van der Waals surface area contributed by atoms with Crippen molar-refractivity contribution in [1.29, 1.82) is 0 Å². The van der Waals surface area contributed by atoms with Crippen molar-refractivity contribution in [3.8, 4) is 0 Å². The maximum Gasteiger partial charge on any atom is 0.353 e. The fourth-order valence-corrected chi connectivity index (χ4v) is 5.22. The number of hydrogen-bond donors (Lipinski definition) is 0. The van der Waals surface area contributed by atoms with E-state index in [9.17, 15) is 19.2 Å². The van der Waals surface area contributed by atoms with Crippen molar-refractivity contribution in [3.63, 3.8) is 0 Å². The van der Waals surface area contributed by atoms with Gasteiger partial charge in [-0.1, -0.05) is 26.3 Å². The van der Waals surface area contributed by atoms with Crippen LogP contribution in [0.4, 0.5) is 52.7 Å². The lowest BCUT2D eigenvalue weighted by Crippen LogP contribution is -3.00. The SMILES string of the molecule is C=CC(=O)OCC1(F)C(F)C(F)C(F)(COC(=O)C=C)C2(F)C(F)(COC(=O)C=C)C(F)(F)C(F)(F)C(F)(COC(=O)C=C)C12F. The zero-order valence-electron chi connectivity index (χ0n) is 22.9. The van der Waals surface area contributed by atoms with Gasteiger partial charge in [-0.05, 0) is 0 Å². The Kier molecular flexibility index (Phi) is 9.94. The fraction of sp³-hybridized carbons (Fsp3) is 0.538. The summed E-state index contributed by atoms with van der Waals surface area (Å²) in [5.74, 6) is -22.9. The van der Waals surface area contributed by atoms with E-state index in [0.29, 0.717) is 0 Å². The van der Waals surface area contributed by atoms with Gasteiger partial charge in [-0.2, -0.15) is 17.6 Å². The number of alkyl halides is 12. The van der Waals surface area contributed by atoms with Gasteiger partial charge < -0.3 is 18.9 Å². The average molecular weight is 690 g/mol. The van der Waals surface area contributed by atoms with Crippen LogP contribution in [0.2, 0.25) is 0 Å². The van der Waals surface area contributed by atoms with Crippen molar-refractivity contribution in [2.75, 3.05) is 26.4 Å². The van der Waals surface area contributed by atoms with Crippen molar-refractivity contribution >= 4 is 23.9 Å². The molecule has 0 aliphatic heterocycles. The van der Waals surface area contributed by atoms with E-state index in [2.05, 4.69) is 45.3 Å². The number of ether oxygens (including phenoxy) is 4. The van der Waals surface area contributed by atoms with Crippen molar-refractivity contribution in [2.45, 2.75) is 58.2 Å². The summed E-state index contributed by atoms with van der Waals surface area (Å²) in [6.45, 7) is -1.84. The monoisotopic (exact) mass is 690 g/mol. The molecule has 2 saturated carbocycles. The zero-order valence-corrected chi connectivity index (χ0v) is 22.9. The summed E-state index contributed by atoms with van der Waals surface area (Å²) in [5.41, 5.74) is -39.4. The molecule has 2 rings (SSSR count). The normalized spacial score (nSPS) is 39.0. The molecule has 0 saturated heterocycles. The third-order valence-corrected chi connectivity index (χ3v) is 7.58. The zero-order chi connectivity index (χ0) is 35.9. The highest BCUT2D eigenvalue weighted by Gasteiger charge is 3.07. The van der Waals surface area contributed by atoms with Gasteiger partial charge in [-0.15, -0.1) is 0 Å². The maximum absolute atomic E-state index is 17.5. The second kappa shape index (κ2) is 12.0. The van der Waals surface area contributed by atoms with E-state index in [4.69, 9.17) is 0 Å². The van der Waals surface area contributed by atoms with Crippen LogP contribution in [0.1, 0.15) is 0 Å². The minimum Gasteiger partial charge on any atom is -0.459 e. The van der Waals surface area contributed by atoms with E-state index in [1.165, 1.54) is 0 Å². The first-order valence-electron chi connectivity index (χ1n) is 12.2. The molecule has 2 aliphatic carbocycles. The van der Waals surface area contributed by atoms with Crippen LogP contribution in [0.3, 0.4) is 0 Å². The number of fused-ring (bicyclic) bond motifs is 1. The quantitative estimate of drug-likeness (QED) is 0.130. The molecule has 0 amide bonds. The molecule has 0 spiro atoms. The number of rotatable bonds is 12. The predicted molar refractivity (Wildman–Crippen MR) is 127 cm³/mol. The van der Waals surface area contributed by atoms with Crippen molar-refractivity contribution in [2.24, 2.45) is 0 Å². The average Bonchev–Trinajstić information content (AvgIpc) is 3.03. The minimum absolute atomic E-state index is 0.0383. The molecular formula is C26H22F12O8. The largest absolute Gasteiger partial charge is 0.459 e. The molecule has 20 heteroatoms. The molecule has 2 aliphatic rings. The molecule has 0 N–H and O–H groups in total. The highest BCUT2D eigenvalue weighted by Crippen LogP contribution is 2.76. The molecule has 46 heavy (non-hydrogen) atoms. The second-order valence-electron chi connectivity index (χ2n) is 9.84. The number of carbonyl (C=O) groups excluding carboxylic acids is 4. The molecule has 0 aromatic heterocycles. The predicted octanol–water partition coefficient (Wildman–Crippen LogP) is 4.13. The van der Waals surface area contributed by atoms with Gasteiger partial charge in [0.05, 0.1) is 0 Å². The Balaban J connectivity index is 3.30. The van der Waals surface area contributed by atoms with Crippen LogP contribution in [0, 0.1) is 0 Å². The number of carbonyl (C=O) groups is 4. The van der Waals surface area contributed by atoms with Gasteiger partial charge >= 0.3 is 35.7 Å². The van der Waals surface area contributed by atoms with E-state index in [1.54, 1.807) is 0 Å². The number of hydrogen-bond acceptors (Lipinski definition) is 8. The fourth-order valence-electron chi connectivity index (χ4n) is 5.22. The third-order valence-electron chi connectivity index (χ3n) is 7.58. The molecule has 0 radical (unpaired) electrons. The van der Waals surface area contributed by atoms with Crippen LogP contribution >= 0.6 is 0 Å². The molecule has 8 atom stereocenters. The van der Waals surface area contributed by atoms with Crippen LogP contribution in [0.5, 0.6) is 0 Å². The topological polar surface area (TPSA) is 105 Å². The lowest BCUT2D eigenvalue weighted by atomic mass is 9.43. The van der Waals surface area contributed by atoms with E-state index in [-0.39, 0.29) is 24.3 Å². The van der Waals surface area contributed by atoms with E-state index < -0.39 is 109 Å². The summed E-state index contributed by atoms with van der Waals surface area (Å²) in [4.78, 5) is 46.3. The van der Waals surface area contributed by atoms with E-state index in [0.717, 1.165) is 0 Å². The van der Waals surface area contributed by atoms with Crippen LogP contribution in [-0.2, 0) is 38.1 Å². The van der Waals surface area contributed by atoms with Gasteiger partial charge in [0.1, 0.15) is 26.4 Å². The highest BCUT2D eigenvalue weighted by atomic mass is 19.3. The Morgan fingerprint density at radius 2 is 0.696 bits per heavy atom. The van der Waals surface area contributed by atoms with Crippen LogP contribution in [0.15, 0.2) is 50.6 Å². The van der Waals surface area contributed by atoms with Crippen molar-refractivity contribution in [1.82, 2.24) is 0 Å². The first kappa shape index (κ1) is 38.2. The van der Waals surface area contributed by atoms with Crippen molar-refractivity contribution < 1.29 is 90.8 Å². The van der Waals surface area contributed by atoms with Gasteiger partial charge in [-0.25, -0.2) is 54.3 Å². The van der Waals surface area contributed by atoms with Gasteiger partial charge in [0.15, 0.2) is 12.3 Å². The molecule has 0 bridgehead atoms. The Bertz CT molecular complexity index is 1230. The minimum atomic E-state index is -7.32. The van der Waals surface area contributed by atoms with Crippen LogP contribution in [-0.4, -0.2) is 109 Å². The van der Waals surface area contributed by atoms with Gasteiger partial charge in [-0.3, -0.25) is 0 Å². The molecule has 8 unspecified atom stereocenters. The molecule has 0 heterocycles. The number of halogens is 12. The summed E-state index contributed by atoms with van der Waals surface area (Å²) in [5, 5.41) is 0. The second-order valence-corrected chi connectivity index (χ2v) is 9.84. The van der Waals surface area contributed by atoms with Crippen molar-refractivity contribution in [3.05, 3.63) is 50.6 Å². The Morgan fingerprint density at radius 1 is 0.478 bits per heavy atom. The molecular weight excluding hydrogens is 668 g/mol. The highest BCUT2D eigenvalue weighted by molar-refractivity contribution is 5.82. The Labute approximate surface area is 250 Å². The molecule has 258 valence electrons. The molecule has 2 fully saturated rings. The Hall–Kier alpha value is -4.00. The van der Waals surface area contributed by atoms with E-state index >= 15 is 52.7 Å². The molecule has 0 aromatic carbocycles. The van der Waals surface area contributed by atoms with Gasteiger partial charge in [0.2, 0.25) is 22.7 Å². The van der Waals surface area contributed by atoms with Crippen LogP contribution < -0.4 is 0 Å². The third kappa shape index (κ3) is 4.52. The lowest BCUT2D eigenvalue weighted by Gasteiger charge is -2.68. The summed E-state index contributed by atoms with van der Waals surface area (Å²) >= 11 is 0. The van der Waals surface area contributed by atoms with Gasteiger partial charge in [0, 0.05) is 24.3 Å². The Morgan fingerprint density at radius 3 is 0.913 bits per heavy atom. The summed E-state index contributed by atoms with van der Waals surface area (Å²) in [7, 11) is 0. The maximum atomic E-state index is 17.5. The van der Waals surface area contributed by atoms with Gasteiger partial charge in [0.25, 0.3) is 11.3 Å².